The quantitative estimate of drug-likeness (QED) is 0.783. The van der Waals surface area contributed by atoms with Crippen LogP contribution in [0, 0.1) is 0 Å². The molecule has 0 bridgehead atoms. The highest BCUT2D eigenvalue weighted by atomic mass is 16.3. The fraction of sp³-hybridized carbons (Fsp3) is 0.545. The van der Waals surface area contributed by atoms with E-state index >= 15 is 0 Å². The second-order valence-corrected chi connectivity index (χ2v) is 4.18. The van der Waals surface area contributed by atoms with Crippen molar-refractivity contribution in [1.29, 1.82) is 0 Å². The second kappa shape index (κ2) is 4.06. The predicted molar refractivity (Wildman–Crippen MR) is 55.9 cm³/mol. The largest absolute Gasteiger partial charge is 0.472 e. The normalized spacial score (nSPS) is 19.0. The summed E-state index contributed by atoms with van der Waals surface area (Å²) in [5.41, 5.74) is 6.33. The Morgan fingerprint density at radius 2 is 2.27 bits per heavy atom. The molecule has 1 aromatic heterocycles. The number of hydrogen-bond donors (Lipinski definition) is 2. The lowest BCUT2D eigenvalue weighted by Crippen LogP contribution is -2.51. The standard InChI is InChI=1S/C11H16N2O2/c12-11(4-1-2-5-11)10(14)13-7-9-3-6-15-8-9/h3,6,8H,1-2,4-5,7,12H2,(H,13,14). The summed E-state index contributed by atoms with van der Waals surface area (Å²) < 4.78 is 4.91. The molecule has 1 aromatic rings. The summed E-state index contributed by atoms with van der Waals surface area (Å²) in [5, 5.41) is 2.84. The smallest absolute Gasteiger partial charge is 0.240 e. The summed E-state index contributed by atoms with van der Waals surface area (Å²) in [6, 6.07) is 1.83. The third kappa shape index (κ3) is 2.21. The van der Waals surface area contributed by atoms with Crippen molar-refractivity contribution in [3.05, 3.63) is 24.2 Å². The van der Waals surface area contributed by atoms with Gasteiger partial charge in [-0.05, 0) is 18.9 Å². The molecular formula is C11H16N2O2. The van der Waals surface area contributed by atoms with Gasteiger partial charge in [-0.25, -0.2) is 0 Å². The van der Waals surface area contributed by atoms with Gasteiger partial charge in [0.25, 0.3) is 0 Å². The number of nitrogens with two attached hydrogens (primary N) is 1. The van der Waals surface area contributed by atoms with Gasteiger partial charge in [0.1, 0.15) is 0 Å². The van der Waals surface area contributed by atoms with Gasteiger partial charge in [0.15, 0.2) is 0 Å². The Balaban J connectivity index is 1.87. The van der Waals surface area contributed by atoms with Gasteiger partial charge in [0.05, 0.1) is 18.1 Å². The van der Waals surface area contributed by atoms with Crippen LogP contribution in [0.15, 0.2) is 23.0 Å². The lowest BCUT2D eigenvalue weighted by atomic mass is 9.98. The van der Waals surface area contributed by atoms with E-state index < -0.39 is 5.54 Å². The Kier molecular flexibility index (Phi) is 2.77. The summed E-state index contributed by atoms with van der Waals surface area (Å²) in [6.45, 7) is 0.494. The fourth-order valence-corrected chi connectivity index (χ4v) is 1.98. The van der Waals surface area contributed by atoms with Crippen molar-refractivity contribution in [2.45, 2.75) is 37.8 Å². The van der Waals surface area contributed by atoms with Gasteiger partial charge in [-0.2, -0.15) is 0 Å². The highest BCUT2D eigenvalue weighted by Crippen LogP contribution is 2.27. The molecule has 4 nitrogen and oxygen atoms in total. The fourth-order valence-electron chi connectivity index (χ4n) is 1.98. The molecule has 2 rings (SSSR count). The Morgan fingerprint density at radius 3 is 2.87 bits per heavy atom. The molecule has 3 N–H and O–H groups in total. The van der Waals surface area contributed by atoms with E-state index in [0.717, 1.165) is 31.2 Å². The first-order valence-electron chi connectivity index (χ1n) is 5.29. The molecular weight excluding hydrogens is 192 g/mol. The van der Waals surface area contributed by atoms with E-state index in [-0.39, 0.29) is 5.91 Å². The summed E-state index contributed by atoms with van der Waals surface area (Å²) in [6.07, 6.45) is 6.91. The molecule has 1 aliphatic rings. The molecule has 0 unspecified atom stereocenters. The van der Waals surface area contributed by atoms with Crippen LogP contribution in [0.25, 0.3) is 0 Å². The summed E-state index contributed by atoms with van der Waals surface area (Å²) in [5.74, 6) is -0.0406. The highest BCUT2D eigenvalue weighted by Gasteiger charge is 2.36. The number of amides is 1. The predicted octanol–water partition coefficient (Wildman–Crippen LogP) is 1.17. The molecule has 0 saturated heterocycles. The average molecular weight is 208 g/mol. The molecule has 0 aromatic carbocycles. The molecule has 1 aliphatic carbocycles. The lowest BCUT2D eigenvalue weighted by Gasteiger charge is -2.21. The minimum Gasteiger partial charge on any atom is -0.472 e. The van der Waals surface area contributed by atoms with Crippen LogP contribution in [0.4, 0.5) is 0 Å². The number of furan rings is 1. The van der Waals surface area contributed by atoms with Gasteiger partial charge in [0, 0.05) is 12.1 Å². The first-order valence-corrected chi connectivity index (χ1v) is 5.29. The zero-order valence-corrected chi connectivity index (χ0v) is 8.66. The van der Waals surface area contributed by atoms with Crippen molar-refractivity contribution in [1.82, 2.24) is 5.32 Å². The second-order valence-electron chi connectivity index (χ2n) is 4.18. The first kappa shape index (κ1) is 10.2. The maximum absolute atomic E-state index is 11.8. The third-order valence-electron chi connectivity index (χ3n) is 2.98. The zero-order chi connectivity index (χ0) is 10.7. The molecule has 15 heavy (non-hydrogen) atoms. The Bertz CT molecular complexity index is 326. The van der Waals surface area contributed by atoms with Crippen molar-refractivity contribution in [3.8, 4) is 0 Å². The van der Waals surface area contributed by atoms with E-state index in [4.69, 9.17) is 10.2 Å². The summed E-state index contributed by atoms with van der Waals surface area (Å²) in [7, 11) is 0. The first-order chi connectivity index (χ1) is 7.21. The molecule has 0 spiro atoms. The summed E-state index contributed by atoms with van der Waals surface area (Å²) in [4.78, 5) is 11.8. The topological polar surface area (TPSA) is 68.3 Å². The van der Waals surface area contributed by atoms with Crippen molar-refractivity contribution in [3.63, 3.8) is 0 Å². The lowest BCUT2D eigenvalue weighted by molar-refractivity contribution is -0.126. The van der Waals surface area contributed by atoms with E-state index in [1.165, 1.54) is 0 Å². The molecule has 1 fully saturated rings. The van der Waals surface area contributed by atoms with Gasteiger partial charge < -0.3 is 15.5 Å². The minimum absolute atomic E-state index is 0.0406. The molecule has 4 heteroatoms. The molecule has 82 valence electrons. The Morgan fingerprint density at radius 1 is 1.53 bits per heavy atom. The minimum atomic E-state index is -0.635. The van der Waals surface area contributed by atoms with Gasteiger partial charge in [0.2, 0.25) is 5.91 Å². The third-order valence-corrected chi connectivity index (χ3v) is 2.98. The molecule has 1 heterocycles. The van der Waals surface area contributed by atoms with Crippen LogP contribution in [0.5, 0.6) is 0 Å². The number of carbonyl (C=O) groups is 1. The van der Waals surface area contributed by atoms with Crippen molar-refractivity contribution in [2.75, 3.05) is 0 Å². The van der Waals surface area contributed by atoms with Crippen LogP contribution in [-0.2, 0) is 11.3 Å². The van der Waals surface area contributed by atoms with Crippen molar-refractivity contribution in [2.24, 2.45) is 5.73 Å². The average Bonchev–Trinajstić information content (AvgIpc) is 2.85. The van der Waals surface area contributed by atoms with Crippen molar-refractivity contribution < 1.29 is 9.21 Å². The van der Waals surface area contributed by atoms with E-state index in [9.17, 15) is 4.79 Å². The Labute approximate surface area is 88.8 Å². The molecule has 1 amide bonds. The zero-order valence-electron chi connectivity index (χ0n) is 8.66. The van der Waals surface area contributed by atoms with E-state index in [1.807, 2.05) is 6.07 Å². The van der Waals surface area contributed by atoms with Crippen LogP contribution >= 0.6 is 0 Å². The number of nitrogens with one attached hydrogen (secondary N) is 1. The molecule has 0 radical (unpaired) electrons. The SMILES string of the molecule is NC1(C(=O)NCc2ccoc2)CCCC1. The molecule has 0 aliphatic heterocycles. The van der Waals surface area contributed by atoms with Gasteiger partial charge in [-0.15, -0.1) is 0 Å². The Hall–Kier alpha value is -1.29. The van der Waals surface area contributed by atoms with E-state index in [2.05, 4.69) is 5.32 Å². The van der Waals surface area contributed by atoms with Crippen LogP contribution in [0.3, 0.4) is 0 Å². The monoisotopic (exact) mass is 208 g/mol. The van der Waals surface area contributed by atoms with Crippen LogP contribution in [-0.4, -0.2) is 11.4 Å². The van der Waals surface area contributed by atoms with Gasteiger partial charge in [-0.3, -0.25) is 4.79 Å². The number of rotatable bonds is 3. The van der Waals surface area contributed by atoms with Gasteiger partial charge in [-0.1, -0.05) is 12.8 Å². The van der Waals surface area contributed by atoms with Gasteiger partial charge >= 0.3 is 0 Å². The van der Waals surface area contributed by atoms with Crippen LogP contribution in [0.1, 0.15) is 31.2 Å². The van der Waals surface area contributed by atoms with Crippen LogP contribution < -0.4 is 11.1 Å². The molecule has 1 saturated carbocycles. The maximum Gasteiger partial charge on any atom is 0.240 e. The van der Waals surface area contributed by atoms with Crippen molar-refractivity contribution >= 4 is 5.91 Å². The van der Waals surface area contributed by atoms with Crippen LogP contribution in [0.2, 0.25) is 0 Å². The van der Waals surface area contributed by atoms with E-state index in [1.54, 1.807) is 12.5 Å². The summed E-state index contributed by atoms with van der Waals surface area (Å²) >= 11 is 0. The maximum atomic E-state index is 11.8. The molecule has 0 atom stereocenters. The highest BCUT2D eigenvalue weighted by molar-refractivity contribution is 5.86. The number of hydrogen-bond acceptors (Lipinski definition) is 3. The number of carbonyl (C=O) groups excluding carboxylic acids is 1. The van der Waals surface area contributed by atoms with E-state index in [0.29, 0.717) is 6.54 Å².